The summed E-state index contributed by atoms with van der Waals surface area (Å²) in [5.41, 5.74) is 1.70. The second-order valence-corrected chi connectivity index (χ2v) is 9.96. The number of hydrogen-bond acceptors (Lipinski definition) is 1. The van der Waals surface area contributed by atoms with E-state index >= 15 is 0 Å². The molecular formula is C11H20OSi. The first kappa shape index (κ1) is 9.47. The Morgan fingerprint density at radius 1 is 1.38 bits per heavy atom. The Morgan fingerprint density at radius 2 is 2.15 bits per heavy atom. The predicted octanol–water partition coefficient (Wildman–Crippen LogP) is 3.19. The summed E-state index contributed by atoms with van der Waals surface area (Å²) in [7, 11) is -1.27. The Hall–Kier alpha value is -0.0831. The van der Waals surface area contributed by atoms with Gasteiger partial charge in [0.1, 0.15) is 0 Å². The molecule has 0 amide bonds. The Balaban J connectivity index is 1.81. The van der Waals surface area contributed by atoms with Crippen molar-refractivity contribution in [3.63, 3.8) is 0 Å². The van der Waals surface area contributed by atoms with Crippen molar-refractivity contribution in [3.05, 3.63) is 11.6 Å². The lowest BCUT2D eigenvalue weighted by molar-refractivity contribution is 0.208. The van der Waals surface area contributed by atoms with Crippen LogP contribution in [0.4, 0.5) is 0 Å². The molecule has 0 aliphatic heterocycles. The zero-order valence-electron chi connectivity index (χ0n) is 8.97. The number of hydrogen-bond donors (Lipinski definition) is 0. The van der Waals surface area contributed by atoms with Crippen LogP contribution in [0.1, 0.15) is 19.3 Å². The molecule has 2 aliphatic rings. The molecule has 74 valence electrons. The lowest BCUT2D eigenvalue weighted by Crippen LogP contribution is -2.29. The fourth-order valence-corrected chi connectivity index (χ4v) is 3.12. The summed E-state index contributed by atoms with van der Waals surface area (Å²) >= 11 is 0. The molecule has 2 aliphatic carbocycles. The molecule has 1 nitrogen and oxygen atoms in total. The topological polar surface area (TPSA) is 9.23 Å². The highest BCUT2D eigenvalue weighted by Crippen LogP contribution is 2.44. The highest BCUT2D eigenvalue weighted by atomic mass is 28.4. The van der Waals surface area contributed by atoms with Crippen LogP contribution in [0.3, 0.4) is 0 Å². The van der Waals surface area contributed by atoms with E-state index in [2.05, 4.69) is 25.7 Å². The molecule has 0 N–H and O–H groups in total. The first-order valence-corrected chi connectivity index (χ1v) is 8.77. The van der Waals surface area contributed by atoms with E-state index in [9.17, 15) is 0 Å². The van der Waals surface area contributed by atoms with Crippen molar-refractivity contribution in [3.8, 4) is 0 Å². The molecule has 0 aromatic rings. The minimum atomic E-state index is -1.27. The minimum Gasteiger partial charge on any atom is -0.417 e. The van der Waals surface area contributed by atoms with Crippen molar-refractivity contribution in [2.24, 2.45) is 11.8 Å². The summed E-state index contributed by atoms with van der Waals surface area (Å²) in [5.74, 6) is 1.79. The van der Waals surface area contributed by atoms with Crippen LogP contribution in [-0.2, 0) is 4.43 Å². The van der Waals surface area contributed by atoms with Gasteiger partial charge in [-0.1, -0.05) is 11.6 Å². The van der Waals surface area contributed by atoms with E-state index in [1.165, 1.54) is 19.3 Å². The number of rotatable bonds is 3. The average Bonchev–Trinajstić information content (AvgIpc) is 2.58. The lowest BCUT2D eigenvalue weighted by Gasteiger charge is -2.24. The zero-order chi connectivity index (χ0) is 9.47. The van der Waals surface area contributed by atoms with Crippen LogP contribution in [0.25, 0.3) is 0 Å². The van der Waals surface area contributed by atoms with Gasteiger partial charge in [0.25, 0.3) is 0 Å². The smallest absolute Gasteiger partial charge is 0.183 e. The largest absolute Gasteiger partial charge is 0.417 e. The fourth-order valence-electron chi connectivity index (χ4n) is 2.40. The molecule has 0 radical (unpaired) electrons. The third-order valence-corrected chi connectivity index (χ3v) is 4.19. The first-order chi connectivity index (χ1) is 6.04. The quantitative estimate of drug-likeness (QED) is 0.497. The van der Waals surface area contributed by atoms with E-state index in [-0.39, 0.29) is 0 Å². The molecule has 2 atom stereocenters. The third-order valence-electron chi connectivity index (χ3n) is 3.16. The lowest BCUT2D eigenvalue weighted by atomic mass is 9.93. The van der Waals surface area contributed by atoms with Crippen LogP contribution < -0.4 is 0 Å². The Labute approximate surface area is 82.3 Å². The highest BCUT2D eigenvalue weighted by Gasteiger charge is 2.34. The van der Waals surface area contributed by atoms with E-state index in [1.807, 2.05) is 0 Å². The molecule has 0 saturated heterocycles. The van der Waals surface area contributed by atoms with Gasteiger partial charge in [-0.3, -0.25) is 0 Å². The van der Waals surface area contributed by atoms with Crippen LogP contribution >= 0.6 is 0 Å². The molecule has 13 heavy (non-hydrogen) atoms. The molecule has 2 unspecified atom stereocenters. The molecule has 0 aromatic carbocycles. The summed E-state index contributed by atoms with van der Waals surface area (Å²) < 4.78 is 5.98. The molecule has 0 aromatic heterocycles. The van der Waals surface area contributed by atoms with Gasteiger partial charge in [-0.05, 0) is 50.7 Å². The maximum atomic E-state index is 5.98. The fraction of sp³-hybridized carbons (Fsp3) is 0.818. The van der Waals surface area contributed by atoms with Gasteiger partial charge in [-0.2, -0.15) is 0 Å². The molecule has 2 rings (SSSR count). The van der Waals surface area contributed by atoms with E-state index in [0.717, 1.165) is 18.4 Å². The van der Waals surface area contributed by atoms with Crippen LogP contribution in [0.2, 0.25) is 19.6 Å². The first-order valence-electron chi connectivity index (χ1n) is 5.36. The van der Waals surface area contributed by atoms with Crippen molar-refractivity contribution >= 4 is 8.32 Å². The zero-order valence-corrected chi connectivity index (χ0v) is 9.97. The van der Waals surface area contributed by atoms with E-state index in [0.29, 0.717) is 0 Å². The van der Waals surface area contributed by atoms with E-state index in [4.69, 9.17) is 4.43 Å². The second-order valence-electron chi connectivity index (χ2n) is 5.45. The molecule has 0 heterocycles. The molecule has 1 saturated carbocycles. The van der Waals surface area contributed by atoms with Crippen molar-refractivity contribution in [2.45, 2.75) is 38.9 Å². The van der Waals surface area contributed by atoms with Gasteiger partial charge in [-0.25, -0.2) is 0 Å². The average molecular weight is 196 g/mol. The predicted molar refractivity (Wildman–Crippen MR) is 58.2 cm³/mol. The summed E-state index contributed by atoms with van der Waals surface area (Å²) in [4.78, 5) is 0. The Morgan fingerprint density at radius 3 is 2.62 bits per heavy atom. The van der Waals surface area contributed by atoms with Crippen molar-refractivity contribution in [2.75, 3.05) is 6.61 Å². The maximum absolute atomic E-state index is 5.98. The third kappa shape index (κ3) is 2.23. The van der Waals surface area contributed by atoms with Gasteiger partial charge in [0.15, 0.2) is 8.32 Å². The van der Waals surface area contributed by atoms with Gasteiger partial charge >= 0.3 is 0 Å². The Bertz CT molecular complexity index is 227. The van der Waals surface area contributed by atoms with Gasteiger partial charge < -0.3 is 4.43 Å². The molecule has 2 heteroatoms. The van der Waals surface area contributed by atoms with Gasteiger partial charge in [0, 0.05) is 6.61 Å². The van der Waals surface area contributed by atoms with Crippen molar-refractivity contribution < 1.29 is 4.43 Å². The summed E-state index contributed by atoms with van der Waals surface area (Å²) in [6.07, 6.45) is 6.47. The maximum Gasteiger partial charge on any atom is 0.183 e. The van der Waals surface area contributed by atoms with Gasteiger partial charge in [-0.15, -0.1) is 0 Å². The molecule has 0 spiro atoms. The Kier molecular flexibility index (Phi) is 2.36. The monoisotopic (exact) mass is 196 g/mol. The van der Waals surface area contributed by atoms with Crippen LogP contribution in [0.5, 0.6) is 0 Å². The number of fused-ring (bicyclic) bond motifs is 2. The summed E-state index contributed by atoms with van der Waals surface area (Å²) in [6.45, 7) is 7.86. The standard InChI is InChI=1S/C11H20OSi/c1-13(2,3)12-8-11-7-9-4-5-10(11)6-9/h4,10-11H,5-8H2,1-3H3. The summed E-state index contributed by atoms with van der Waals surface area (Å²) in [5, 5.41) is 0. The van der Waals surface area contributed by atoms with Crippen LogP contribution in [0.15, 0.2) is 11.6 Å². The minimum absolute atomic E-state index is 0.853. The van der Waals surface area contributed by atoms with E-state index in [1.54, 1.807) is 5.57 Å². The van der Waals surface area contributed by atoms with Crippen LogP contribution in [-0.4, -0.2) is 14.9 Å². The molecule has 2 bridgehead atoms. The van der Waals surface area contributed by atoms with E-state index < -0.39 is 8.32 Å². The molecule has 1 fully saturated rings. The second kappa shape index (κ2) is 3.25. The SMILES string of the molecule is C[Si](C)(C)OCC1CC2=CCC1C2. The van der Waals surface area contributed by atoms with Gasteiger partial charge in [0.05, 0.1) is 0 Å². The highest BCUT2D eigenvalue weighted by molar-refractivity contribution is 6.69. The van der Waals surface area contributed by atoms with Crippen molar-refractivity contribution in [1.82, 2.24) is 0 Å². The van der Waals surface area contributed by atoms with Crippen molar-refractivity contribution in [1.29, 1.82) is 0 Å². The molecular weight excluding hydrogens is 176 g/mol. The van der Waals surface area contributed by atoms with Crippen LogP contribution in [0, 0.1) is 11.8 Å². The normalized spacial score (nSPS) is 32.4. The number of allylic oxidation sites excluding steroid dienone is 2. The van der Waals surface area contributed by atoms with Gasteiger partial charge in [0.2, 0.25) is 0 Å². The summed E-state index contributed by atoms with van der Waals surface area (Å²) in [6, 6.07) is 0.